The van der Waals surface area contributed by atoms with Crippen LogP contribution in [0.1, 0.15) is 65.1 Å². The summed E-state index contributed by atoms with van der Waals surface area (Å²) in [7, 11) is 1.92. The lowest BCUT2D eigenvalue weighted by atomic mass is 9.77. The maximum atomic E-state index is 13.8. The van der Waals surface area contributed by atoms with E-state index in [9.17, 15) is 14.4 Å². The van der Waals surface area contributed by atoms with Crippen LogP contribution in [-0.2, 0) is 19.1 Å². The fraction of sp³-hybridized carbons (Fsp3) is 0.500. The third-order valence-corrected chi connectivity index (χ3v) is 9.06. The van der Waals surface area contributed by atoms with Gasteiger partial charge in [0.25, 0.3) is 5.91 Å². The number of hydrogen-bond acceptors (Lipinski definition) is 9. The Kier molecular flexibility index (Phi) is 12.1. The standard InChI is InChI=1S/C36H49ClN6O5/c1-23(2)47-35(46)43-17-15-42(16-18-43)33-24(3)26(9-8-14-38)10-12-29(31-19-28(37)11-13-30(31)33)32(27-20-39-22-41(7)21-27)40-34(45)36(5,6)48-25(4)44/h8-9,11-14,19-20,22-24,32-33H,10,15-18,21,38H2,1-7H3,(H,40,45)/b14-8-,26-9-,29-12+. The predicted octanol–water partition coefficient (Wildman–Crippen LogP) is 5.05. The number of halogens is 1. The van der Waals surface area contributed by atoms with Crippen molar-refractivity contribution in [3.63, 3.8) is 0 Å². The predicted molar refractivity (Wildman–Crippen MR) is 189 cm³/mol. The Hall–Kier alpha value is -4.09. The maximum absolute atomic E-state index is 13.8. The first kappa shape index (κ1) is 36.7. The Balaban J connectivity index is 1.84. The van der Waals surface area contributed by atoms with Crippen LogP contribution in [0.4, 0.5) is 4.79 Å². The summed E-state index contributed by atoms with van der Waals surface area (Å²) in [6.07, 6.45) is 11.2. The van der Waals surface area contributed by atoms with Gasteiger partial charge in [-0.1, -0.05) is 42.3 Å². The number of nitrogens with zero attached hydrogens (tertiary/aromatic N) is 4. The Bertz CT molecular complexity index is 1520. The molecule has 1 fully saturated rings. The highest BCUT2D eigenvalue weighted by molar-refractivity contribution is 6.30. The summed E-state index contributed by atoms with van der Waals surface area (Å²) < 4.78 is 10.9. The summed E-state index contributed by atoms with van der Waals surface area (Å²) in [5.74, 6) is -0.926. The van der Waals surface area contributed by atoms with E-state index >= 15 is 0 Å². The van der Waals surface area contributed by atoms with E-state index in [1.807, 2.05) is 44.0 Å². The van der Waals surface area contributed by atoms with Crippen LogP contribution in [0.2, 0.25) is 5.02 Å². The maximum Gasteiger partial charge on any atom is 0.410 e. The number of nitrogens with one attached hydrogen (secondary N) is 1. The van der Waals surface area contributed by atoms with Gasteiger partial charge in [-0.3, -0.25) is 14.5 Å². The molecule has 1 saturated heterocycles. The Morgan fingerprint density at radius 1 is 1.17 bits per heavy atom. The van der Waals surface area contributed by atoms with Crippen molar-refractivity contribution in [1.82, 2.24) is 20.0 Å². The first-order chi connectivity index (χ1) is 22.7. The quantitative estimate of drug-likeness (QED) is 0.365. The molecule has 3 atom stereocenters. The third kappa shape index (κ3) is 8.87. The van der Waals surface area contributed by atoms with E-state index in [-0.39, 0.29) is 24.2 Å². The van der Waals surface area contributed by atoms with Crippen molar-refractivity contribution in [3.8, 4) is 0 Å². The summed E-state index contributed by atoms with van der Waals surface area (Å²) in [4.78, 5) is 49.0. The summed E-state index contributed by atoms with van der Waals surface area (Å²) in [5.41, 5.74) is 9.20. The SMILES string of the molecule is CC(=O)OC(C)(C)C(=O)NC(C1=CN=CN(C)C1)/C1=C/C/C(=C/C=C\N)C(C)C(N2CCN(C(=O)OC(C)C)CC2)c2ccc(Cl)cc21. The zero-order valence-electron chi connectivity index (χ0n) is 29.0. The molecule has 2 aliphatic heterocycles. The van der Waals surface area contributed by atoms with Gasteiger partial charge in [-0.05, 0) is 86.7 Å². The second-order valence-electron chi connectivity index (χ2n) is 13.3. The minimum atomic E-state index is -1.42. The molecule has 260 valence electrons. The number of piperazine rings is 1. The van der Waals surface area contributed by atoms with Crippen molar-refractivity contribution in [2.24, 2.45) is 16.6 Å². The van der Waals surface area contributed by atoms with Crippen LogP contribution < -0.4 is 11.1 Å². The molecule has 3 aliphatic rings. The van der Waals surface area contributed by atoms with E-state index in [4.69, 9.17) is 26.8 Å². The van der Waals surface area contributed by atoms with Crippen molar-refractivity contribution in [1.29, 1.82) is 0 Å². The number of amides is 2. The minimum absolute atomic E-state index is 0.0636. The second-order valence-corrected chi connectivity index (χ2v) is 13.7. The van der Waals surface area contributed by atoms with Crippen LogP contribution in [0.15, 0.2) is 65.0 Å². The highest BCUT2D eigenvalue weighted by Crippen LogP contribution is 2.43. The van der Waals surface area contributed by atoms with Crippen LogP contribution in [0.5, 0.6) is 0 Å². The fourth-order valence-electron chi connectivity index (χ4n) is 6.54. The number of hydrogen-bond donors (Lipinski definition) is 2. The van der Waals surface area contributed by atoms with Gasteiger partial charge in [-0.25, -0.2) is 9.79 Å². The van der Waals surface area contributed by atoms with Gasteiger partial charge in [-0.15, -0.1) is 0 Å². The molecule has 48 heavy (non-hydrogen) atoms. The number of likely N-dealkylation sites (N-methyl/N-ethyl adjacent to an activating group) is 1. The molecule has 0 aromatic heterocycles. The number of carbonyl (C=O) groups is 3. The lowest BCUT2D eigenvalue weighted by molar-refractivity contribution is -0.163. The van der Waals surface area contributed by atoms with E-state index in [0.717, 1.165) is 27.8 Å². The van der Waals surface area contributed by atoms with Gasteiger partial charge in [-0.2, -0.15) is 0 Å². The first-order valence-electron chi connectivity index (χ1n) is 16.4. The number of carbonyl (C=O) groups excluding carboxylic acids is 3. The Morgan fingerprint density at radius 2 is 1.88 bits per heavy atom. The van der Waals surface area contributed by atoms with Gasteiger partial charge in [0.1, 0.15) is 0 Å². The molecule has 1 aromatic carbocycles. The molecule has 0 spiro atoms. The zero-order chi connectivity index (χ0) is 35.2. The van der Waals surface area contributed by atoms with Gasteiger partial charge in [0.2, 0.25) is 0 Å². The number of esters is 1. The number of nitrogens with two attached hydrogens (primary N) is 1. The van der Waals surface area contributed by atoms with Crippen LogP contribution in [-0.4, -0.2) is 96.5 Å². The average molecular weight is 681 g/mol. The van der Waals surface area contributed by atoms with Crippen molar-refractivity contribution < 1.29 is 23.9 Å². The molecule has 2 heterocycles. The van der Waals surface area contributed by atoms with Crippen molar-refractivity contribution in [3.05, 3.63) is 76.1 Å². The molecule has 0 radical (unpaired) electrons. The fourth-order valence-corrected chi connectivity index (χ4v) is 6.71. The smallest absolute Gasteiger partial charge is 0.410 e. The second kappa shape index (κ2) is 15.9. The topological polar surface area (TPSA) is 130 Å². The molecule has 4 rings (SSSR count). The molecule has 0 saturated carbocycles. The van der Waals surface area contributed by atoms with Crippen LogP contribution >= 0.6 is 11.6 Å². The number of allylic oxidation sites excluding steroid dienone is 3. The number of ether oxygens (including phenoxy) is 2. The number of benzene rings is 1. The molecule has 1 aliphatic carbocycles. The van der Waals surface area contributed by atoms with Gasteiger partial charge < -0.3 is 30.3 Å². The van der Waals surface area contributed by atoms with Crippen LogP contribution in [0, 0.1) is 5.92 Å². The third-order valence-electron chi connectivity index (χ3n) is 8.82. The largest absolute Gasteiger partial charge is 0.450 e. The van der Waals surface area contributed by atoms with E-state index in [1.165, 1.54) is 13.1 Å². The molecule has 3 N–H and O–H groups in total. The normalized spacial score (nSPS) is 23.1. The number of aliphatic imine (C=N–C) groups is 1. The Labute approximate surface area is 289 Å². The molecule has 1 aromatic rings. The van der Waals surface area contributed by atoms with Crippen LogP contribution in [0.3, 0.4) is 0 Å². The molecule has 0 bridgehead atoms. The van der Waals surface area contributed by atoms with Crippen molar-refractivity contribution in [2.75, 3.05) is 39.8 Å². The zero-order valence-corrected chi connectivity index (χ0v) is 29.8. The Morgan fingerprint density at radius 3 is 2.50 bits per heavy atom. The highest BCUT2D eigenvalue weighted by Gasteiger charge is 2.39. The molecule has 11 nitrogen and oxygen atoms in total. The molecule has 12 heteroatoms. The highest BCUT2D eigenvalue weighted by atomic mass is 35.5. The van der Waals surface area contributed by atoms with Gasteiger partial charge >= 0.3 is 12.1 Å². The number of fused-ring (bicyclic) bond motifs is 1. The van der Waals surface area contributed by atoms with Crippen molar-refractivity contribution >= 4 is 41.5 Å². The molecule has 3 unspecified atom stereocenters. The molecular weight excluding hydrogens is 632 g/mol. The molecule has 2 amide bonds. The van der Waals surface area contributed by atoms with E-state index in [0.29, 0.717) is 44.2 Å². The summed E-state index contributed by atoms with van der Waals surface area (Å²) >= 11 is 6.72. The minimum Gasteiger partial charge on any atom is -0.450 e. The lowest BCUT2D eigenvalue weighted by Gasteiger charge is -2.44. The molecular formula is C36H49ClN6O5. The monoisotopic (exact) mass is 680 g/mol. The van der Waals surface area contributed by atoms with E-state index in [1.54, 1.807) is 31.3 Å². The average Bonchev–Trinajstić information content (AvgIpc) is 3.01. The van der Waals surface area contributed by atoms with Gasteiger partial charge in [0.15, 0.2) is 5.60 Å². The summed E-state index contributed by atoms with van der Waals surface area (Å²) in [6.45, 7) is 13.2. The van der Waals surface area contributed by atoms with E-state index in [2.05, 4.69) is 40.4 Å². The summed E-state index contributed by atoms with van der Waals surface area (Å²) in [6, 6.07) is 5.22. The van der Waals surface area contributed by atoms with Gasteiger partial charge in [0, 0.05) is 64.0 Å². The van der Waals surface area contributed by atoms with Crippen LogP contribution in [0.25, 0.3) is 5.57 Å². The number of rotatable bonds is 8. The summed E-state index contributed by atoms with van der Waals surface area (Å²) in [5, 5.41) is 3.77. The van der Waals surface area contributed by atoms with E-state index < -0.39 is 23.5 Å². The first-order valence-corrected chi connectivity index (χ1v) is 16.8. The lowest BCUT2D eigenvalue weighted by Crippen LogP contribution is -2.52. The van der Waals surface area contributed by atoms with Crippen molar-refractivity contribution in [2.45, 2.75) is 71.8 Å². The van der Waals surface area contributed by atoms with Gasteiger partial charge in [0.05, 0.1) is 18.5 Å².